The fourth-order valence-corrected chi connectivity index (χ4v) is 2.76. The summed E-state index contributed by atoms with van der Waals surface area (Å²) < 4.78 is 1.04. The summed E-state index contributed by atoms with van der Waals surface area (Å²) in [5, 5.41) is 3.29. The Morgan fingerprint density at radius 3 is 3.05 bits per heavy atom. The zero-order chi connectivity index (χ0) is 13.8. The molecule has 1 N–H and O–H groups in total. The minimum atomic E-state index is -0.0871. The predicted octanol–water partition coefficient (Wildman–Crippen LogP) is 1.31. The number of rotatable bonds is 3. The number of carbonyl (C=O) groups is 1. The van der Waals surface area contributed by atoms with E-state index in [9.17, 15) is 4.79 Å². The standard InChI is InChI=1S/C14H20BrN3O/c1-17-7-6-16-13(10-17)14(19)18(2)9-11-4-3-5-12(15)8-11/h3-5,8,13,16H,6-7,9-10H2,1-2H3. The molecule has 0 bridgehead atoms. The number of amides is 1. The second-order valence-corrected chi connectivity index (χ2v) is 6.01. The first kappa shape index (κ1) is 14.5. The first-order valence-corrected chi connectivity index (χ1v) is 7.27. The highest BCUT2D eigenvalue weighted by atomic mass is 79.9. The Hall–Kier alpha value is -0.910. The van der Waals surface area contributed by atoms with Gasteiger partial charge in [0, 0.05) is 37.7 Å². The Kier molecular flexibility index (Phi) is 4.96. The minimum Gasteiger partial charge on any atom is -0.340 e. The topological polar surface area (TPSA) is 35.6 Å². The van der Waals surface area contributed by atoms with E-state index in [0.717, 1.165) is 29.7 Å². The molecule has 2 rings (SSSR count). The lowest BCUT2D eigenvalue weighted by atomic mass is 10.1. The summed E-state index contributed by atoms with van der Waals surface area (Å²) in [4.78, 5) is 16.3. The van der Waals surface area contributed by atoms with E-state index in [1.54, 1.807) is 4.90 Å². The molecule has 1 saturated heterocycles. The molecule has 0 spiro atoms. The van der Waals surface area contributed by atoms with Crippen molar-refractivity contribution in [1.82, 2.24) is 15.1 Å². The van der Waals surface area contributed by atoms with Gasteiger partial charge >= 0.3 is 0 Å². The molecule has 0 aromatic heterocycles. The molecule has 1 aliphatic heterocycles. The number of likely N-dealkylation sites (N-methyl/N-ethyl adjacent to an activating group) is 2. The molecular formula is C14H20BrN3O. The number of piperazine rings is 1. The van der Waals surface area contributed by atoms with Crippen LogP contribution >= 0.6 is 15.9 Å². The van der Waals surface area contributed by atoms with Crippen LogP contribution in [0.5, 0.6) is 0 Å². The second kappa shape index (κ2) is 6.50. The minimum absolute atomic E-state index is 0.0871. The van der Waals surface area contributed by atoms with Crippen LogP contribution < -0.4 is 5.32 Å². The molecule has 0 aliphatic carbocycles. The molecule has 0 saturated carbocycles. The number of carbonyl (C=O) groups excluding carboxylic acids is 1. The van der Waals surface area contributed by atoms with Gasteiger partial charge in [0.25, 0.3) is 0 Å². The van der Waals surface area contributed by atoms with E-state index in [0.29, 0.717) is 6.54 Å². The molecule has 4 nitrogen and oxygen atoms in total. The molecule has 19 heavy (non-hydrogen) atoms. The molecule has 5 heteroatoms. The van der Waals surface area contributed by atoms with Gasteiger partial charge < -0.3 is 15.1 Å². The molecule has 1 aliphatic rings. The van der Waals surface area contributed by atoms with Gasteiger partial charge in [0.2, 0.25) is 5.91 Å². The first-order valence-electron chi connectivity index (χ1n) is 6.47. The van der Waals surface area contributed by atoms with Gasteiger partial charge in [-0.2, -0.15) is 0 Å². The quantitative estimate of drug-likeness (QED) is 0.910. The largest absolute Gasteiger partial charge is 0.340 e. The van der Waals surface area contributed by atoms with E-state index < -0.39 is 0 Å². The van der Waals surface area contributed by atoms with Crippen LogP contribution in [0, 0.1) is 0 Å². The van der Waals surface area contributed by atoms with Gasteiger partial charge in [0.05, 0.1) is 6.04 Å². The molecular weight excluding hydrogens is 306 g/mol. The smallest absolute Gasteiger partial charge is 0.241 e. The summed E-state index contributed by atoms with van der Waals surface area (Å²) in [5.74, 6) is 0.159. The Morgan fingerprint density at radius 2 is 2.37 bits per heavy atom. The van der Waals surface area contributed by atoms with E-state index in [-0.39, 0.29) is 11.9 Å². The maximum Gasteiger partial charge on any atom is 0.241 e. The van der Waals surface area contributed by atoms with Crippen molar-refractivity contribution in [2.45, 2.75) is 12.6 Å². The number of nitrogens with one attached hydrogen (secondary N) is 1. The van der Waals surface area contributed by atoms with Gasteiger partial charge in [0.1, 0.15) is 0 Å². The van der Waals surface area contributed by atoms with Crippen molar-refractivity contribution < 1.29 is 4.79 Å². The average Bonchev–Trinajstić information content (AvgIpc) is 2.38. The summed E-state index contributed by atoms with van der Waals surface area (Å²) >= 11 is 3.45. The first-order chi connectivity index (χ1) is 9.06. The van der Waals surface area contributed by atoms with Crippen molar-refractivity contribution in [1.29, 1.82) is 0 Å². The van der Waals surface area contributed by atoms with E-state index in [2.05, 4.69) is 33.2 Å². The fourth-order valence-electron chi connectivity index (χ4n) is 2.32. The summed E-state index contributed by atoms with van der Waals surface area (Å²) in [6, 6.07) is 7.97. The van der Waals surface area contributed by atoms with Gasteiger partial charge in [-0.3, -0.25) is 4.79 Å². The summed E-state index contributed by atoms with van der Waals surface area (Å²) in [6.07, 6.45) is 0. The SMILES string of the molecule is CN1CCNC(C(=O)N(C)Cc2cccc(Br)c2)C1. The normalized spacial score (nSPS) is 20.3. The predicted molar refractivity (Wildman–Crippen MR) is 79.9 cm³/mol. The molecule has 0 radical (unpaired) electrons. The summed E-state index contributed by atoms with van der Waals surface area (Å²) in [5.41, 5.74) is 1.13. The zero-order valence-electron chi connectivity index (χ0n) is 11.4. The monoisotopic (exact) mass is 325 g/mol. The molecule has 1 aromatic carbocycles. The Morgan fingerprint density at radius 1 is 1.58 bits per heavy atom. The van der Waals surface area contributed by atoms with Crippen LogP contribution in [0.4, 0.5) is 0 Å². The molecule has 1 fully saturated rings. The van der Waals surface area contributed by atoms with Crippen LogP contribution in [-0.2, 0) is 11.3 Å². The van der Waals surface area contributed by atoms with Crippen molar-refractivity contribution in [3.05, 3.63) is 34.3 Å². The Balaban J connectivity index is 1.95. The number of hydrogen-bond acceptors (Lipinski definition) is 3. The van der Waals surface area contributed by atoms with E-state index in [1.807, 2.05) is 31.3 Å². The van der Waals surface area contributed by atoms with Crippen LogP contribution in [0.3, 0.4) is 0 Å². The average molecular weight is 326 g/mol. The van der Waals surface area contributed by atoms with Crippen molar-refractivity contribution in [3.63, 3.8) is 0 Å². The highest BCUT2D eigenvalue weighted by Gasteiger charge is 2.25. The maximum atomic E-state index is 12.4. The van der Waals surface area contributed by atoms with Crippen molar-refractivity contribution in [2.24, 2.45) is 0 Å². The van der Waals surface area contributed by atoms with Crippen LogP contribution in [0.1, 0.15) is 5.56 Å². The molecule has 1 aromatic rings. The fraction of sp³-hybridized carbons (Fsp3) is 0.500. The Labute approximate surface area is 122 Å². The van der Waals surface area contributed by atoms with Crippen LogP contribution in [-0.4, -0.2) is 55.5 Å². The van der Waals surface area contributed by atoms with E-state index in [1.165, 1.54) is 0 Å². The molecule has 1 heterocycles. The lowest BCUT2D eigenvalue weighted by Crippen LogP contribution is -2.56. The van der Waals surface area contributed by atoms with Crippen LogP contribution in [0.2, 0.25) is 0 Å². The summed E-state index contributed by atoms with van der Waals surface area (Å²) in [7, 11) is 3.91. The van der Waals surface area contributed by atoms with Gasteiger partial charge in [-0.25, -0.2) is 0 Å². The van der Waals surface area contributed by atoms with Crippen LogP contribution in [0.25, 0.3) is 0 Å². The third kappa shape index (κ3) is 4.03. The van der Waals surface area contributed by atoms with Gasteiger partial charge in [-0.15, -0.1) is 0 Å². The number of nitrogens with zero attached hydrogens (tertiary/aromatic N) is 2. The summed E-state index contributed by atoms with van der Waals surface area (Å²) in [6.45, 7) is 3.29. The lowest BCUT2D eigenvalue weighted by Gasteiger charge is -2.32. The lowest BCUT2D eigenvalue weighted by molar-refractivity contribution is -0.133. The van der Waals surface area contributed by atoms with Gasteiger partial charge in [0.15, 0.2) is 0 Å². The maximum absolute atomic E-state index is 12.4. The highest BCUT2D eigenvalue weighted by molar-refractivity contribution is 9.10. The van der Waals surface area contributed by atoms with Crippen molar-refractivity contribution in [3.8, 4) is 0 Å². The van der Waals surface area contributed by atoms with Gasteiger partial charge in [-0.05, 0) is 24.7 Å². The number of benzene rings is 1. The van der Waals surface area contributed by atoms with Crippen molar-refractivity contribution >= 4 is 21.8 Å². The van der Waals surface area contributed by atoms with Gasteiger partial charge in [-0.1, -0.05) is 28.1 Å². The molecule has 104 valence electrons. The number of hydrogen-bond donors (Lipinski definition) is 1. The second-order valence-electron chi connectivity index (χ2n) is 5.09. The third-order valence-corrected chi connectivity index (χ3v) is 3.85. The molecule has 1 amide bonds. The van der Waals surface area contributed by atoms with E-state index >= 15 is 0 Å². The Bertz CT molecular complexity index is 452. The van der Waals surface area contributed by atoms with Crippen molar-refractivity contribution in [2.75, 3.05) is 33.7 Å². The molecule has 1 unspecified atom stereocenters. The van der Waals surface area contributed by atoms with Crippen LogP contribution in [0.15, 0.2) is 28.7 Å². The highest BCUT2D eigenvalue weighted by Crippen LogP contribution is 2.13. The zero-order valence-corrected chi connectivity index (χ0v) is 13.0. The molecule has 1 atom stereocenters. The third-order valence-electron chi connectivity index (χ3n) is 3.36. The number of halogens is 1. The van der Waals surface area contributed by atoms with E-state index in [4.69, 9.17) is 0 Å².